The number of carbonyl (C=O) groups excluding carboxylic acids is 1. The second-order valence-corrected chi connectivity index (χ2v) is 7.46. The minimum absolute atomic E-state index is 0.133. The van der Waals surface area contributed by atoms with Crippen molar-refractivity contribution in [3.63, 3.8) is 0 Å². The average molecular weight is 375 g/mol. The van der Waals surface area contributed by atoms with Crippen LogP contribution in [0.15, 0.2) is 48.5 Å². The molecule has 6 nitrogen and oxygen atoms in total. The number of rotatable bonds is 4. The predicted octanol–water partition coefficient (Wildman–Crippen LogP) is 3.62. The summed E-state index contributed by atoms with van der Waals surface area (Å²) in [7, 11) is 0. The third kappa shape index (κ3) is 2.64. The van der Waals surface area contributed by atoms with Crippen LogP contribution in [-0.4, -0.2) is 22.5 Å². The Labute approximate surface area is 163 Å². The fraction of sp³-hybridized carbons (Fsp3) is 0.273. The Morgan fingerprint density at radius 2 is 1.93 bits per heavy atom. The van der Waals surface area contributed by atoms with Crippen LogP contribution in [0.1, 0.15) is 58.7 Å². The Morgan fingerprint density at radius 1 is 1.14 bits per heavy atom. The molecule has 0 fully saturated rings. The number of aromatic nitrogens is 2. The lowest BCUT2D eigenvalue weighted by molar-refractivity contribution is 0.0954. The SMILES string of the molecule is CC(C)c1c2c(nn1Cc1ccccc1)C(=O)NC2c1ccc2c(c1)OCO2. The Kier molecular flexibility index (Phi) is 3.86. The third-order valence-corrected chi connectivity index (χ3v) is 5.26. The molecule has 0 aliphatic carbocycles. The first-order chi connectivity index (χ1) is 13.6. The van der Waals surface area contributed by atoms with Crippen molar-refractivity contribution in [3.8, 4) is 11.5 Å². The summed E-state index contributed by atoms with van der Waals surface area (Å²) in [5.74, 6) is 1.54. The Balaban J connectivity index is 1.60. The van der Waals surface area contributed by atoms with Gasteiger partial charge in [0.2, 0.25) is 6.79 Å². The van der Waals surface area contributed by atoms with E-state index in [9.17, 15) is 4.79 Å². The fourth-order valence-corrected chi connectivity index (χ4v) is 4.04. The molecule has 1 amide bonds. The summed E-state index contributed by atoms with van der Waals surface area (Å²) in [4.78, 5) is 12.7. The van der Waals surface area contributed by atoms with Crippen molar-refractivity contribution in [1.82, 2.24) is 15.1 Å². The van der Waals surface area contributed by atoms with E-state index in [4.69, 9.17) is 9.47 Å². The highest BCUT2D eigenvalue weighted by Crippen LogP contribution is 2.40. The average Bonchev–Trinajstić information content (AvgIpc) is 3.37. The van der Waals surface area contributed by atoms with Gasteiger partial charge in [-0.05, 0) is 29.2 Å². The number of ether oxygens (including phenoxy) is 2. The zero-order valence-corrected chi connectivity index (χ0v) is 15.8. The van der Waals surface area contributed by atoms with Gasteiger partial charge in [-0.1, -0.05) is 50.2 Å². The molecule has 0 saturated heterocycles. The van der Waals surface area contributed by atoms with E-state index in [1.54, 1.807) is 0 Å². The molecule has 1 aromatic heterocycles. The van der Waals surface area contributed by atoms with Crippen LogP contribution in [-0.2, 0) is 6.54 Å². The van der Waals surface area contributed by atoms with Gasteiger partial charge in [-0.3, -0.25) is 9.48 Å². The van der Waals surface area contributed by atoms with Gasteiger partial charge in [0.1, 0.15) is 0 Å². The van der Waals surface area contributed by atoms with E-state index in [2.05, 4.69) is 36.4 Å². The van der Waals surface area contributed by atoms with E-state index >= 15 is 0 Å². The smallest absolute Gasteiger partial charge is 0.272 e. The van der Waals surface area contributed by atoms with E-state index in [0.717, 1.165) is 28.1 Å². The normalized spacial score (nSPS) is 17.1. The van der Waals surface area contributed by atoms with E-state index in [0.29, 0.717) is 18.0 Å². The van der Waals surface area contributed by atoms with Gasteiger partial charge >= 0.3 is 0 Å². The van der Waals surface area contributed by atoms with Gasteiger partial charge in [0.05, 0.1) is 12.6 Å². The summed E-state index contributed by atoms with van der Waals surface area (Å²) >= 11 is 0. The number of hydrogen-bond donors (Lipinski definition) is 1. The summed E-state index contributed by atoms with van der Waals surface area (Å²) in [6.07, 6.45) is 0. The van der Waals surface area contributed by atoms with Crippen molar-refractivity contribution in [1.29, 1.82) is 0 Å². The lowest BCUT2D eigenvalue weighted by Gasteiger charge is -2.18. The molecule has 2 aliphatic heterocycles. The molecule has 3 heterocycles. The van der Waals surface area contributed by atoms with Crippen LogP contribution < -0.4 is 14.8 Å². The number of carbonyl (C=O) groups is 1. The van der Waals surface area contributed by atoms with Crippen molar-refractivity contribution in [3.05, 3.63) is 76.6 Å². The second kappa shape index (κ2) is 6.41. The van der Waals surface area contributed by atoms with Crippen LogP contribution in [0.3, 0.4) is 0 Å². The number of nitrogens with one attached hydrogen (secondary N) is 1. The summed E-state index contributed by atoms with van der Waals surface area (Å²) in [6.45, 7) is 5.15. The van der Waals surface area contributed by atoms with Gasteiger partial charge in [-0.15, -0.1) is 0 Å². The molecule has 0 bridgehead atoms. The zero-order chi connectivity index (χ0) is 19.3. The first-order valence-corrected chi connectivity index (χ1v) is 9.46. The lowest BCUT2D eigenvalue weighted by Crippen LogP contribution is -2.23. The molecule has 2 aromatic carbocycles. The molecule has 28 heavy (non-hydrogen) atoms. The molecule has 3 aromatic rings. The monoisotopic (exact) mass is 375 g/mol. The van der Waals surface area contributed by atoms with E-state index in [1.807, 2.05) is 41.1 Å². The molecule has 5 rings (SSSR count). The van der Waals surface area contributed by atoms with Crippen LogP contribution in [0.5, 0.6) is 11.5 Å². The summed E-state index contributed by atoms with van der Waals surface area (Å²) in [5.41, 5.74) is 4.69. The standard InChI is InChI=1S/C22H21N3O3/c1-13(2)21-18-19(15-8-9-16-17(10-15)28-12-27-16)23-22(26)20(18)24-25(21)11-14-6-4-3-5-7-14/h3-10,13,19H,11-12H2,1-2H3,(H,23,26). The highest BCUT2D eigenvalue weighted by molar-refractivity contribution is 5.98. The molecular weight excluding hydrogens is 354 g/mol. The minimum Gasteiger partial charge on any atom is -0.454 e. The number of hydrogen-bond acceptors (Lipinski definition) is 4. The molecule has 0 saturated carbocycles. The molecule has 1 unspecified atom stereocenters. The molecule has 142 valence electrons. The van der Waals surface area contributed by atoms with Gasteiger partial charge in [0.25, 0.3) is 5.91 Å². The van der Waals surface area contributed by atoms with Crippen LogP contribution in [0.2, 0.25) is 0 Å². The van der Waals surface area contributed by atoms with Crippen LogP contribution >= 0.6 is 0 Å². The summed E-state index contributed by atoms with van der Waals surface area (Å²) in [6, 6.07) is 15.8. The van der Waals surface area contributed by atoms with Gasteiger partial charge in [-0.2, -0.15) is 5.10 Å². The summed E-state index contributed by atoms with van der Waals surface area (Å²) in [5, 5.41) is 7.77. The molecule has 1 N–H and O–H groups in total. The topological polar surface area (TPSA) is 65.4 Å². The van der Waals surface area contributed by atoms with Crippen molar-refractivity contribution in [2.24, 2.45) is 0 Å². The number of benzene rings is 2. The van der Waals surface area contributed by atoms with Crippen molar-refractivity contribution < 1.29 is 14.3 Å². The van der Waals surface area contributed by atoms with Gasteiger partial charge < -0.3 is 14.8 Å². The predicted molar refractivity (Wildman–Crippen MR) is 104 cm³/mol. The Bertz CT molecular complexity index is 1060. The van der Waals surface area contributed by atoms with Crippen LogP contribution in [0, 0.1) is 0 Å². The Morgan fingerprint density at radius 3 is 2.71 bits per heavy atom. The lowest BCUT2D eigenvalue weighted by atomic mass is 9.95. The molecule has 0 radical (unpaired) electrons. The van der Waals surface area contributed by atoms with Crippen molar-refractivity contribution >= 4 is 5.91 Å². The van der Waals surface area contributed by atoms with Crippen LogP contribution in [0.4, 0.5) is 0 Å². The molecule has 1 atom stereocenters. The van der Waals surface area contributed by atoms with E-state index in [-0.39, 0.29) is 24.7 Å². The minimum atomic E-state index is -0.237. The fourth-order valence-electron chi connectivity index (χ4n) is 4.04. The van der Waals surface area contributed by atoms with Crippen molar-refractivity contribution in [2.45, 2.75) is 32.4 Å². The number of fused-ring (bicyclic) bond motifs is 2. The molecular formula is C22H21N3O3. The molecule has 0 spiro atoms. The van der Waals surface area contributed by atoms with E-state index < -0.39 is 0 Å². The highest BCUT2D eigenvalue weighted by Gasteiger charge is 2.38. The maximum atomic E-state index is 12.7. The maximum absolute atomic E-state index is 12.7. The molecule has 2 aliphatic rings. The zero-order valence-electron chi connectivity index (χ0n) is 15.8. The quantitative estimate of drug-likeness (QED) is 0.756. The Hall–Kier alpha value is -3.28. The first-order valence-electron chi connectivity index (χ1n) is 9.46. The van der Waals surface area contributed by atoms with Gasteiger partial charge in [0, 0.05) is 11.3 Å². The maximum Gasteiger partial charge on any atom is 0.272 e. The number of nitrogens with zero attached hydrogens (tertiary/aromatic N) is 2. The van der Waals surface area contributed by atoms with Crippen LogP contribution in [0.25, 0.3) is 0 Å². The molecule has 6 heteroatoms. The summed E-state index contributed by atoms with van der Waals surface area (Å²) < 4.78 is 12.9. The second-order valence-electron chi connectivity index (χ2n) is 7.46. The van der Waals surface area contributed by atoms with Gasteiger partial charge in [0.15, 0.2) is 17.2 Å². The van der Waals surface area contributed by atoms with Crippen molar-refractivity contribution in [2.75, 3.05) is 6.79 Å². The van der Waals surface area contributed by atoms with Gasteiger partial charge in [-0.25, -0.2) is 0 Å². The third-order valence-electron chi connectivity index (χ3n) is 5.26. The number of amides is 1. The van der Waals surface area contributed by atoms with E-state index in [1.165, 1.54) is 0 Å². The first kappa shape index (κ1) is 16.9. The largest absolute Gasteiger partial charge is 0.454 e. The highest BCUT2D eigenvalue weighted by atomic mass is 16.7.